The van der Waals surface area contributed by atoms with Gasteiger partial charge in [0.05, 0.1) is 5.84 Å². The maximum absolute atomic E-state index is 4.44. The summed E-state index contributed by atoms with van der Waals surface area (Å²) in [4.78, 5) is 6.68. The lowest BCUT2D eigenvalue weighted by Gasteiger charge is -2.21. The molecule has 0 saturated carbocycles. The molecule has 0 saturated heterocycles. The quantitative estimate of drug-likeness (QED) is 0.539. The Bertz CT molecular complexity index is 129. The van der Waals surface area contributed by atoms with Crippen LogP contribution in [0.4, 0.5) is 0 Å². The van der Waals surface area contributed by atoms with E-state index in [-0.39, 0.29) is 0 Å². The summed E-state index contributed by atoms with van der Waals surface area (Å²) in [5, 5.41) is 0. The van der Waals surface area contributed by atoms with E-state index in [0.29, 0.717) is 0 Å². The van der Waals surface area contributed by atoms with Crippen LogP contribution in [0.1, 0.15) is 26.2 Å². The first-order valence-electron chi connectivity index (χ1n) is 4.09. The maximum Gasteiger partial charge on any atom is 0.0986 e. The van der Waals surface area contributed by atoms with Crippen molar-refractivity contribution in [3.8, 4) is 0 Å². The summed E-state index contributed by atoms with van der Waals surface area (Å²) in [7, 11) is 2.12. The molecule has 1 aliphatic heterocycles. The molecule has 58 valence electrons. The van der Waals surface area contributed by atoms with Crippen molar-refractivity contribution >= 4 is 5.84 Å². The minimum Gasteiger partial charge on any atom is -0.364 e. The summed E-state index contributed by atoms with van der Waals surface area (Å²) in [6.45, 7) is 4.29. The Hall–Kier alpha value is -0.530. The van der Waals surface area contributed by atoms with Crippen molar-refractivity contribution in [1.29, 1.82) is 0 Å². The van der Waals surface area contributed by atoms with Crippen molar-refractivity contribution in [2.45, 2.75) is 26.2 Å². The number of amidine groups is 1. The molecule has 0 aromatic heterocycles. The van der Waals surface area contributed by atoms with Crippen molar-refractivity contribution in [3.63, 3.8) is 0 Å². The van der Waals surface area contributed by atoms with Crippen LogP contribution in [0.5, 0.6) is 0 Å². The highest BCUT2D eigenvalue weighted by molar-refractivity contribution is 5.82. The second-order valence-corrected chi connectivity index (χ2v) is 2.77. The van der Waals surface area contributed by atoms with Crippen LogP contribution >= 0.6 is 0 Å². The number of hydrogen-bond acceptors (Lipinski definition) is 2. The lowest BCUT2D eigenvalue weighted by atomic mass is 10.2. The van der Waals surface area contributed by atoms with Gasteiger partial charge in [0, 0.05) is 26.6 Å². The lowest BCUT2D eigenvalue weighted by molar-refractivity contribution is 0.503. The van der Waals surface area contributed by atoms with Crippen LogP contribution < -0.4 is 0 Å². The molecule has 0 unspecified atom stereocenters. The van der Waals surface area contributed by atoms with Crippen LogP contribution in [-0.4, -0.2) is 30.9 Å². The smallest absolute Gasteiger partial charge is 0.0986 e. The van der Waals surface area contributed by atoms with Gasteiger partial charge in [0.15, 0.2) is 0 Å². The minimum absolute atomic E-state index is 1.04. The fourth-order valence-electron chi connectivity index (χ4n) is 1.18. The SMILES string of the molecule is CCN(C)C1=NCCCC1. The van der Waals surface area contributed by atoms with E-state index in [9.17, 15) is 0 Å². The zero-order valence-electron chi connectivity index (χ0n) is 6.93. The highest BCUT2D eigenvalue weighted by atomic mass is 15.2. The van der Waals surface area contributed by atoms with E-state index in [4.69, 9.17) is 0 Å². The third-order valence-electron chi connectivity index (χ3n) is 2.02. The molecule has 0 atom stereocenters. The zero-order valence-corrected chi connectivity index (χ0v) is 6.93. The molecule has 1 heterocycles. The molecule has 0 fully saturated rings. The van der Waals surface area contributed by atoms with Gasteiger partial charge in [-0.2, -0.15) is 0 Å². The molecule has 0 N–H and O–H groups in total. The highest BCUT2D eigenvalue weighted by Crippen LogP contribution is 2.07. The Kier molecular flexibility index (Phi) is 2.72. The van der Waals surface area contributed by atoms with Crippen molar-refractivity contribution in [2.75, 3.05) is 20.1 Å². The Balaban J connectivity index is 2.44. The van der Waals surface area contributed by atoms with Gasteiger partial charge in [0.2, 0.25) is 0 Å². The van der Waals surface area contributed by atoms with E-state index in [0.717, 1.165) is 13.1 Å². The fraction of sp³-hybridized carbons (Fsp3) is 0.875. The zero-order chi connectivity index (χ0) is 7.40. The van der Waals surface area contributed by atoms with Gasteiger partial charge in [-0.15, -0.1) is 0 Å². The standard InChI is InChI=1S/C8H16N2/c1-3-10(2)8-6-4-5-7-9-8/h3-7H2,1-2H3. The number of nitrogens with zero attached hydrogens (tertiary/aromatic N) is 2. The molecule has 1 aliphatic rings. The summed E-state index contributed by atoms with van der Waals surface area (Å²) in [5.74, 6) is 1.30. The first-order valence-corrected chi connectivity index (χ1v) is 4.09. The van der Waals surface area contributed by atoms with Gasteiger partial charge in [-0.3, -0.25) is 4.99 Å². The molecule has 1 rings (SSSR count). The van der Waals surface area contributed by atoms with E-state index in [1.54, 1.807) is 0 Å². The number of aliphatic imine (C=N–C) groups is 1. The van der Waals surface area contributed by atoms with Crippen molar-refractivity contribution < 1.29 is 0 Å². The predicted octanol–water partition coefficient (Wildman–Crippen LogP) is 1.52. The normalized spacial score (nSPS) is 18.4. The molecular formula is C8H16N2. The van der Waals surface area contributed by atoms with E-state index >= 15 is 0 Å². The third kappa shape index (κ3) is 1.72. The van der Waals surface area contributed by atoms with Crippen LogP contribution in [0.2, 0.25) is 0 Å². The van der Waals surface area contributed by atoms with Gasteiger partial charge in [0.25, 0.3) is 0 Å². The van der Waals surface area contributed by atoms with Gasteiger partial charge in [-0.25, -0.2) is 0 Å². The maximum atomic E-state index is 4.44. The van der Waals surface area contributed by atoms with Crippen molar-refractivity contribution in [3.05, 3.63) is 0 Å². The summed E-state index contributed by atoms with van der Waals surface area (Å²) in [6.07, 6.45) is 3.79. The summed E-state index contributed by atoms with van der Waals surface area (Å²) in [5.41, 5.74) is 0. The van der Waals surface area contributed by atoms with Gasteiger partial charge in [-0.05, 0) is 19.8 Å². The van der Waals surface area contributed by atoms with Crippen molar-refractivity contribution in [2.24, 2.45) is 4.99 Å². The molecule has 0 radical (unpaired) electrons. The van der Waals surface area contributed by atoms with Crippen LogP contribution in [0.15, 0.2) is 4.99 Å². The highest BCUT2D eigenvalue weighted by Gasteiger charge is 2.07. The van der Waals surface area contributed by atoms with Crippen molar-refractivity contribution in [1.82, 2.24) is 4.90 Å². The molecule has 0 aromatic rings. The third-order valence-corrected chi connectivity index (χ3v) is 2.02. The van der Waals surface area contributed by atoms with Gasteiger partial charge < -0.3 is 4.90 Å². The molecule has 0 amide bonds. The van der Waals surface area contributed by atoms with E-state index in [1.165, 1.54) is 25.1 Å². The monoisotopic (exact) mass is 140 g/mol. The molecular weight excluding hydrogens is 124 g/mol. The van der Waals surface area contributed by atoms with Crippen LogP contribution in [0, 0.1) is 0 Å². The van der Waals surface area contributed by atoms with E-state index in [1.807, 2.05) is 0 Å². The molecule has 0 aromatic carbocycles. The Labute approximate surface area is 62.9 Å². The Morgan fingerprint density at radius 1 is 1.50 bits per heavy atom. The summed E-state index contributed by atoms with van der Waals surface area (Å²) < 4.78 is 0. The largest absolute Gasteiger partial charge is 0.364 e. The lowest BCUT2D eigenvalue weighted by Crippen LogP contribution is -2.28. The van der Waals surface area contributed by atoms with E-state index in [2.05, 4.69) is 23.9 Å². The average molecular weight is 140 g/mol. The van der Waals surface area contributed by atoms with E-state index < -0.39 is 0 Å². The first-order chi connectivity index (χ1) is 4.84. The van der Waals surface area contributed by atoms with Crippen LogP contribution in [0.25, 0.3) is 0 Å². The summed E-state index contributed by atoms with van der Waals surface area (Å²) in [6, 6.07) is 0. The van der Waals surface area contributed by atoms with Gasteiger partial charge >= 0.3 is 0 Å². The van der Waals surface area contributed by atoms with Crippen LogP contribution in [-0.2, 0) is 0 Å². The molecule has 0 bridgehead atoms. The number of rotatable bonds is 1. The first kappa shape index (κ1) is 7.58. The second-order valence-electron chi connectivity index (χ2n) is 2.77. The number of hydrogen-bond donors (Lipinski definition) is 0. The predicted molar refractivity (Wildman–Crippen MR) is 44.5 cm³/mol. The summed E-state index contributed by atoms with van der Waals surface area (Å²) >= 11 is 0. The average Bonchev–Trinajstić information content (AvgIpc) is 2.05. The molecule has 0 aliphatic carbocycles. The topological polar surface area (TPSA) is 15.6 Å². The van der Waals surface area contributed by atoms with Crippen LogP contribution in [0.3, 0.4) is 0 Å². The van der Waals surface area contributed by atoms with Gasteiger partial charge in [-0.1, -0.05) is 0 Å². The minimum atomic E-state index is 1.04. The second kappa shape index (κ2) is 3.59. The Morgan fingerprint density at radius 2 is 2.30 bits per heavy atom. The molecule has 10 heavy (non-hydrogen) atoms. The fourth-order valence-corrected chi connectivity index (χ4v) is 1.18. The van der Waals surface area contributed by atoms with Gasteiger partial charge in [0.1, 0.15) is 0 Å². The molecule has 0 spiro atoms. The molecule has 2 heteroatoms. The molecule has 2 nitrogen and oxygen atoms in total. The Morgan fingerprint density at radius 3 is 2.80 bits per heavy atom.